The summed E-state index contributed by atoms with van der Waals surface area (Å²) in [5.41, 5.74) is 15.2. The van der Waals surface area contributed by atoms with Crippen LogP contribution in [0, 0.1) is 11.3 Å². The zero-order valence-electron chi connectivity index (χ0n) is 40.0. The van der Waals surface area contributed by atoms with Crippen LogP contribution in [0.5, 0.6) is 11.5 Å². The molecule has 0 N–H and O–H groups in total. The van der Waals surface area contributed by atoms with Crippen LogP contribution in [0.15, 0.2) is 170 Å². The maximum atomic E-state index is 10.0. The number of rotatable bonds is 7. The summed E-state index contributed by atoms with van der Waals surface area (Å²) in [7, 11) is 0. The summed E-state index contributed by atoms with van der Waals surface area (Å²) in [4.78, 5) is 9.76. The number of benzene rings is 7. The van der Waals surface area contributed by atoms with Crippen LogP contribution < -0.4 is 14.5 Å². The van der Waals surface area contributed by atoms with Crippen LogP contribution in [-0.4, -0.2) is 16.2 Å². The highest BCUT2D eigenvalue weighted by atomic mass is 16.5. The van der Waals surface area contributed by atoms with Crippen LogP contribution in [0.25, 0.3) is 49.9 Å². The quantitative estimate of drug-likeness (QED) is 0.160. The lowest BCUT2D eigenvalue weighted by Gasteiger charge is -2.26. The van der Waals surface area contributed by atoms with Gasteiger partial charge in [0, 0.05) is 40.5 Å². The third-order valence-electron chi connectivity index (χ3n) is 13.2. The fourth-order valence-electron chi connectivity index (χ4n) is 9.29. The lowest BCUT2D eigenvalue weighted by atomic mass is 9.84. The molecule has 3 heterocycles. The Morgan fingerprint density at radius 3 is 1.84 bits per heavy atom. The van der Waals surface area contributed by atoms with Gasteiger partial charge < -0.3 is 14.5 Å². The number of para-hydroxylation sites is 2. The van der Waals surface area contributed by atoms with Crippen molar-refractivity contribution in [3.05, 3.63) is 192 Å². The molecule has 2 aromatic heterocycles. The molecule has 0 saturated carbocycles. The van der Waals surface area contributed by atoms with Crippen LogP contribution in [0.4, 0.5) is 22.7 Å². The van der Waals surface area contributed by atoms with E-state index in [2.05, 4.69) is 228 Å². The molecule has 67 heavy (non-hydrogen) atoms. The Labute approximate surface area is 395 Å². The SMILES string of the molecule is CC(C)(C)c1cc(C#N)cc(-c2ccc3c(c2)c2ccc(Oc4cccc(N5CN(c6cc(-c7ccccc7)cc(C(C)(C)C)c6)c6ccccc65)c4)cc2n3-c2cc(C(C)(C)C)ccn2)c1. The molecule has 7 aromatic carbocycles. The smallest absolute Gasteiger partial charge is 0.137 e. The van der Waals surface area contributed by atoms with Gasteiger partial charge in [-0.05, 0) is 140 Å². The summed E-state index contributed by atoms with van der Waals surface area (Å²) in [6, 6.07) is 60.7. The van der Waals surface area contributed by atoms with Crippen molar-refractivity contribution in [1.29, 1.82) is 5.26 Å². The Balaban J connectivity index is 1.03. The molecule has 0 amide bonds. The average molecular weight is 876 g/mol. The van der Waals surface area contributed by atoms with Crippen molar-refractivity contribution in [1.82, 2.24) is 9.55 Å². The van der Waals surface area contributed by atoms with Gasteiger partial charge in [0.25, 0.3) is 0 Å². The third kappa shape index (κ3) is 8.32. The highest BCUT2D eigenvalue weighted by Gasteiger charge is 2.30. The summed E-state index contributed by atoms with van der Waals surface area (Å²) >= 11 is 0. The number of fused-ring (bicyclic) bond motifs is 4. The second kappa shape index (κ2) is 16.4. The van der Waals surface area contributed by atoms with Crippen LogP contribution in [-0.2, 0) is 16.2 Å². The Hall–Kier alpha value is -7.62. The summed E-state index contributed by atoms with van der Waals surface area (Å²) < 4.78 is 9.08. The molecule has 10 rings (SSSR count). The van der Waals surface area contributed by atoms with Gasteiger partial charge in [-0.25, -0.2) is 4.98 Å². The predicted molar refractivity (Wildman–Crippen MR) is 279 cm³/mol. The highest BCUT2D eigenvalue weighted by molar-refractivity contribution is 6.10. The molecule has 1 aliphatic rings. The lowest BCUT2D eigenvalue weighted by Crippen LogP contribution is -2.24. The summed E-state index contributed by atoms with van der Waals surface area (Å²) in [5.74, 6) is 2.33. The fourth-order valence-corrected chi connectivity index (χ4v) is 9.29. The van der Waals surface area contributed by atoms with Crippen molar-refractivity contribution >= 4 is 44.6 Å². The topological polar surface area (TPSA) is 57.3 Å². The van der Waals surface area contributed by atoms with Crippen LogP contribution >= 0.6 is 0 Å². The maximum Gasteiger partial charge on any atom is 0.137 e. The summed E-state index contributed by atoms with van der Waals surface area (Å²) in [6.45, 7) is 20.8. The average Bonchev–Trinajstić information content (AvgIpc) is 3.86. The monoisotopic (exact) mass is 875 g/mol. The first-order valence-electron chi connectivity index (χ1n) is 23.3. The van der Waals surface area contributed by atoms with Crippen molar-refractivity contribution < 1.29 is 4.74 Å². The molecule has 0 atom stereocenters. The van der Waals surface area contributed by atoms with E-state index in [0.29, 0.717) is 12.2 Å². The van der Waals surface area contributed by atoms with Crippen molar-refractivity contribution in [2.45, 2.75) is 78.6 Å². The molecule has 0 aliphatic carbocycles. The largest absolute Gasteiger partial charge is 0.457 e. The first kappa shape index (κ1) is 43.3. The minimum Gasteiger partial charge on any atom is -0.457 e. The number of pyridine rings is 1. The molecule has 6 heteroatoms. The van der Waals surface area contributed by atoms with E-state index < -0.39 is 0 Å². The zero-order chi connectivity index (χ0) is 46.8. The van der Waals surface area contributed by atoms with E-state index in [0.717, 1.165) is 78.6 Å². The number of hydrogen-bond acceptors (Lipinski definition) is 5. The molecule has 0 unspecified atom stereocenters. The Kier molecular flexibility index (Phi) is 10.6. The maximum absolute atomic E-state index is 10.0. The normalized spacial score (nSPS) is 13.0. The molecule has 0 saturated heterocycles. The van der Waals surface area contributed by atoms with Gasteiger partial charge in [0.15, 0.2) is 0 Å². The van der Waals surface area contributed by atoms with Crippen LogP contribution in [0.3, 0.4) is 0 Å². The number of aromatic nitrogens is 2. The van der Waals surface area contributed by atoms with E-state index in [1.54, 1.807) is 0 Å². The van der Waals surface area contributed by atoms with Crippen molar-refractivity contribution in [2.75, 3.05) is 16.5 Å². The molecule has 1 aliphatic heterocycles. The molecule has 0 bridgehead atoms. The van der Waals surface area contributed by atoms with Gasteiger partial charge in [-0.1, -0.05) is 129 Å². The van der Waals surface area contributed by atoms with Crippen molar-refractivity contribution in [3.8, 4) is 45.6 Å². The standard InChI is InChI=1S/C61H57N5O/c1-59(2,3)45-26-27-63-58(35-45)66-54-25-22-42(43-28-40(38-62)29-46(30-43)60(4,5)6)33-53(54)52-24-23-51(37-57(52)66)67-50-19-15-18-48(36-50)64-39-65(56-21-14-13-20-55(56)64)49-32-44(41-16-11-10-12-17-41)31-47(34-49)61(7,8)9/h10-37H,39H2,1-9H3. The van der Waals surface area contributed by atoms with Gasteiger partial charge in [0.1, 0.15) is 24.0 Å². The van der Waals surface area contributed by atoms with E-state index >= 15 is 0 Å². The first-order valence-corrected chi connectivity index (χ1v) is 23.3. The number of nitrogens with zero attached hydrogens (tertiary/aromatic N) is 5. The minimum atomic E-state index is -0.105. The minimum absolute atomic E-state index is 0.0286. The van der Waals surface area contributed by atoms with Crippen molar-refractivity contribution in [2.24, 2.45) is 0 Å². The molecular weight excluding hydrogens is 819 g/mol. The van der Waals surface area contributed by atoms with E-state index in [9.17, 15) is 5.26 Å². The fraction of sp³-hybridized carbons (Fsp3) is 0.213. The Bertz CT molecular complexity index is 3390. The molecule has 9 aromatic rings. The Morgan fingerprint density at radius 2 is 1.13 bits per heavy atom. The predicted octanol–water partition coefficient (Wildman–Crippen LogP) is 16.3. The van der Waals surface area contributed by atoms with Gasteiger partial charge in [-0.15, -0.1) is 0 Å². The lowest BCUT2D eigenvalue weighted by molar-refractivity contribution is 0.483. The van der Waals surface area contributed by atoms with Crippen LogP contribution in [0.2, 0.25) is 0 Å². The third-order valence-corrected chi connectivity index (χ3v) is 13.2. The van der Waals surface area contributed by atoms with Gasteiger partial charge in [0.05, 0.1) is 34.0 Å². The van der Waals surface area contributed by atoms with E-state index in [-0.39, 0.29) is 16.2 Å². The molecule has 6 nitrogen and oxygen atoms in total. The molecule has 0 radical (unpaired) electrons. The molecule has 332 valence electrons. The first-order chi connectivity index (χ1) is 32.0. The van der Waals surface area contributed by atoms with Gasteiger partial charge in [-0.3, -0.25) is 4.57 Å². The zero-order valence-corrected chi connectivity index (χ0v) is 40.0. The van der Waals surface area contributed by atoms with E-state index in [1.807, 2.05) is 24.4 Å². The van der Waals surface area contributed by atoms with E-state index in [4.69, 9.17) is 9.72 Å². The second-order valence-corrected chi connectivity index (χ2v) is 21.0. The second-order valence-electron chi connectivity index (χ2n) is 21.0. The summed E-state index contributed by atoms with van der Waals surface area (Å²) in [6.07, 6.45) is 1.91. The highest BCUT2D eigenvalue weighted by Crippen LogP contribution is 2.47. The molecule has 0 spiro atoms. The number of ether oxygens (including phenoxy) is 1. The molecule has 0 fully saturated rings. The molecular formula is C61H57N5O. The summed E-state index contributed by atoms with van der Waals surface area (Å²) in [5, 5.41) is 12.2. The Morgan fingerprint density at radius 1 is 0.478 bits per heavy atom. The van der Waals surface area contributed by atoms with E-state index in [1.165, 1.54) is 22.3 Å². The number of anilines is 4. The van der Waals surface area contributed by atoms with Crippen molar-refractivity contribution in [3.63, 3.8) is 0 Å². The van der Waals surface area contributed by atoms with Gasteiger partial charge in [0.2, 0.25) is 0 Å². The van der Waals surface area contributed by atoms with Crippen LogP contribution in [0.1, 0.15) is 84.6 Å². The van der Waals surface area contributed by atoms with Gasteiger partial charge in [-0.2, -0.15) is 5.26 Å². The number of hydrogen-bond donors (Lipinski definition) is 0. The number of nitriles is 1. The van der Waals surface area contributed by atoms with Gasteiger partial charge >= 0.3 is 0 Å².